The van der Waals surface area contributed by atoms with Gasteiger partial charge >= 0.3 is 5.97 Å². The van der Waals surface area contributed by atoms with E-state index in [1.54, 1.807) is 26.8 Å². The fourth-order valence-electron chi connectivity index (χ4n) is 6.51. The Kier molecular flexibility index (Phi) is 5.79. The Morgan fingerprint density at radius 1 is 0.850 bits per heavy atom. The van der Waals surface area contributed by atoms with Gasteiger partial charge < -0.3 is 34.3 Å². The highest BCUT2D eigenvalue weighted by molar-refractivity contribution is 5.98. The van der Waals surface area contributed by atoms with Crippen LogP contribution in [-0.2, 0) is 17.6 Å². The van der Waals surface area contributed by atoms with Crippen LogP contribution in [-0.4, -0.2) is 33.7 Å². The fourth-order valence-corrected chi connectivity index (χ4v) is 6.51. The minimum Gasteiger partial charge on any atom is -0.508 e. The highest BCUT2D eigenvalue weighted by atomic mass is 16.7. The number of ether oxygens (including phenoxy) is 4. The van der Waals surface area contributed by atoms with Crippen molar-refractivity contribution >= 4 is 5.97 Å². The first-order valence-electron chi connectivity index (χ1n) is 13.6. The average molecular weight is 547 g/mol. The Morgan fingerprint density at radius 3 is 2.27 bits per heavy atom. The predicted octanol–water partition coefficient (Wildman–Crippen LogP) is 6.19. The van der Waals surface area contributed by atoms with E-state index in [4.69, 9.17) is 18.9 Å². The molecule has 1 saturated heterocycles. The molecule has 3 aromatic carbocycles. The molecule has 0 spiro atoms. The molecule has 1 fully saturated rings. The summed E-state index contributed by atoms with van der Waals surface area (Å²) in [5, 5.41) is 33.0. The topological polar surface area (TPSA) is 115 Å². The van der Waals surface area contributed by atoms with Gasteiger partial charge in [-0.2, -0.15) is 0 Å². The molecule has 3 atom stereocenters. The Morgan fingerprint density at radius 2 is 1.55 bits per heavy atom. The fraction of sp³-hybridized carbons (Fsp3) is 0.406. The van der Waals surface area contributed by atoms with E-state index in [0.717, 1.165) is 17.5 Å². The number of phenolic OH excluding ortho intramolecular Hbond substituents is 3. The number of benzene rings is 3. The average Bonchev–Trinajstić information content (AvgIpc) is 3.08. The molecule has 0 aromatic heterocycles. The van der Waals surface area contributed by atoms with Gasteiger partial charge in [-0.3, -0.25) is 0 Å². The van der Waals surface area contributed by atoms with E-state index in [-0.39, 0.29) is 46.6 Å². The molecule has 210 valence electrons. The van der Waals surface area contributed by atoms with Gasteiger partial charge in [-0.1, -0.05) is 6.92 Å². The van der Waals surface area contributed by atoms with Crippen LogP contribution >= 0.6 is 0 Å². The summed E-state index contributed by atoms with van der Waals surface area (Å²) in [6, 6.07) is 3.06. The van der Waals surface area contributed by atoms with Crippen LogP contribution in [0.25, 0.3) is 0 Å². The number of carbonyl (C=O) groups excluding carboxylic acids is 1. The van der Waals surface area contributed by atoms with Gasteiger partial charge in [-0.25, -0.2) is 4.79 Å². The molecule has 8 heteroatoms. The number of aryl methyl sites for hydroxylation is 2. The first-order chi connectivity index (χ1) is 18.8. The zero-order chi connectivity index (χ0) is 28.8. The molecular weight excluding hydrogens is 512 g/mol. The number of aromatic hydroxyl groups is 3. The second kappa shape index (κ2) is 8.80. The summed E-state index contributed by atoms with van der Waals surface area (Å²) >= 11 is 0. The number of hydrogen-bond acceptors (Lipinski definition) is 8. The van der Waals surface area contributed by atoms with E-state index in [0.29, 0.717) is 57.4 Å². The molecule has 0 aliphatic carbocycles. The molecule has 3 unspecified atom stereocenters. The summed E-state index contributed by atoms with van der Waals surface area (Å²) in [7, 11) is 0. The van der Waals surface area contributed by atoms with Crippen molar-refractivity contribution in [2.75, 3.05) is 6.61 Å². The van der Waals surface area contributed by atoms with Crippen LogP contribution in [0.1, 0.15) is 68.7 Å². The summed E-state index contributed by atoms with van der Waals surface area (Å²) in [5.41, 5.74) is 5.07. The lowest BCUT2D eigenvalue weighted by atomic mass is 9.79. The third kappa shape index (κ3) is 3.65. The minimum atomic E-state index is -0.740. The number of hydrogen-bond donors (Lipinski definition) is 3. The zero-order valence-electron chi connectivity index (χ0n) is 23.8. The maximum atomic E-state index is 13.4. The number of esters is 1. The third-order valence-corrected chi connectivity index (χ3v) is 9.04. The molecule has 3 N–H and O–H groups in total. The first kappa shape index (κ1) is 26.3. The number of carbonyl (C=O) groups is 1. The Balaban J connectivity index is 1.51. The normalized spacial score (nSPS) is 22.7. The lowest BCUT2D eigenvalue weighted by Crippen LogP contribution is -2.44. The van der Waals surface area contributed by atoms with Crippen molar-refractivity contribution in [2.24, 2.45) is 11.8 Å². The molecule has 8 nitrogen and oxygen atoms in total. The Labute approximate surface area is 233 Å². The summed E-state index contributed by atoms with van der Waals surface area (Å²) in [5.74, 6) is 0.325. The number of rotatable bonds is 2. The van der Waals surface area contributed by atoms with Crippen molar-refractivity contribution in [1.29, 1.82) is 0 Å². The van der Waals surface area contributed by atoms with Crippen LogP contribution in [0.2, 0.25) is 0 Å². The molecule has 0 radical (unpaired) electrons. The second-order valence-electron chi connectivity index (χ2n) is 11.7. The molecule has 40 heavy (non-hydrogen) atoms. The van der Waals surface area contributed by atoms with Gasteiger partial charge in [0.25, 0.3) is 0 Å². The molecule has 3 aliphatic rings. The van der Waals surface area contributed by atoms with E-state index < -0.39 is 11.8 Å². The van der Waals surface area contributed by atoms with Crippen LogP contribution in [0.15, 0.2) is 12.1 Å². The minimum absolute atomic E-state index is 0.0104. The lowest BCUT2D eigenvalue weighted by Gasteiger charge is -2.39. The van der Waals surface area contributed by atoms with Crippen LogP contribution in [0, 0.1) is 46.5 Å². The van der Waals surface area contributed by atoms with Gasteiger partial charge in [0.2, 0.25) is 5.79 Å². The van der Waals surface area contributed by atoms with Gasteiger partial charge in [-0.15, -0.1) is 0 Å². The summed E-state index contributed by atoms with van der Waals surface area (Å²) in [6.07, 6.45) is 0.843. The predicted molar refractivity (Wildman–Crippen MR) is 147 cm³/mol. The quantitative estimate of drug-likeness (QED) is 0.257. The summed E-state index contributed by atoms with van der Waals surface area (Å²) in [4.78, 5) is 13.4. The van der Waals surface area contributed by atoms with Crippen molar-refractivity contribution in [3.63, 3.8) is 0 Å². The van der Waals surface area contributed by atoms with Crippen molar-refractivity contribution in [2.45, 2.75) is 67.1 Å². The van der Waals surface area contributed by atoms with Crippen molar-refractivity contribution < 1.29 is 39.1 Å². The third-order valence-electron chi connectivity index (χ3n) is 9.04. The molecule has 6 rings (SSSR count). The standard InChI is InChI=1S/C32H34O8/c1-13-8-24(34)21(30-25(13)31(36)39-29-17(5)23(33)9-14(2)27(29)38-30)10-19-16(4)20-11-22-15(3)12-37-32(22,7)40-28(20)18(6)26(19)35/h8-9,15,22,33-35H,10-12H2,1-7H3. The van der Waals surface area contributed by atoms with Gasteiger partial charge in [-0.05, 0) is 81.3 Å². The van der Waals surface area contributed by atoms with E-state index in [2.05, 4.69) is 6.92 Å². The van der Waals surface area contributed by atoms with E-state index in [1.165, 1.54) is 6.07 Å². The van der Waals surface area contributed by atoms with Crippen LogP contribution < -0.4 is 14.2 Å². The maximum absolute atomic E-state index is 13.4. The SMILES string of the molecule is Cc1cc(O)c(C)c2c1Oc1c(Cc3c(C)c4c(c(C)c3O)OC3(C)OCC(C)C3C4)c(O)cc(C)c1C(=O)O2. The van der Waals surface area contributed by atoms with E-state index in [9.17, 15) is 20.1 Å². The first-order valence-corrected chi connectivity index (χ1v) is 13.6. The monoisotopic (exact) mass is 546 g/mol. The molecule has 0 saturated carbocycles. The maximum Gasteiger partial charge on any atom is 0.347 e. The lowest BCUT2D eigenvalue weighted by molar-refractivity contribution is -0.166. The smallest absolute Gasteiger partial charge is 0.347 e. The van der Waals surface area contributed by atoms with Gasteiger partial charge in [0.05, 0.1) is 6.61 Å². The molecule has 0 bridgehead atoms. The van der Waals surface area contributed by atoms with Crippen LogP contribution in [0.3, 0.4) is 0 Å². The second-order valence-corrected chi connectivity index (χ2v) is 11.7. The van der Waals surface area contributed by atoms with Gasteiger partial charge in [0.1, 0.15) is 34.3 Å². The van der Waals surface area contributed by atoms with E-state index in [1.807, 2.05) is 20.8 Å². The van der Waals surface area contributed by atoms with Crippen molar-refractivity contribution in [1.82, 2.24) is 0 Å². The Bertz CT molecular complexity index is 1620. The van der Waals surface area contributed by atoms with Crippen LogP contribution in [0.4, 0.5) is 0 Å². The van der Waals surface area contributed by atoms with Crippen molar-refractivity contribution in [3.8, 4) is 40.2 Å². The largest absolute Gasteiger partial charge is 0.508 e. The van der Waals surface area contributed by atoms with Gasteiger partial charge in [0.15, 0.2) is 11.5 Å². The van der Waals surface area contributed by atoms with Crippen molar-refractivity contribution in [3.05, 3.63) is 62.2 Å². The number of phenols is 3. The zero-order valence-corrected chi connectivity index (χ0v) is 23.8. The Hall–Kier alpha value is -3.91. The van der Waals surface area contributed by atoms with Crippen LogP contribution in [0.5, 0.6) is 40.2 Å². The molecule has 3 heterocycles. The van der Waals surface area contributed by atoms with Gasteiger partial charge in [0, 0.05) is 41.5 Å². The number of fused-ring (bicyclic) bond motifs is 4. The highest BCUT2D eigenvalue weighted by Crippen LogP contribution is 2.52. The summed E-state index contributed by atoms with van der Waals surface area (Å²) in [6.45, 7) is 13.6. The molecule has 3 aliphatic heterocycles. The highest BCUT2D eigenvalue weighted by Gasteiger charge is 2.51. The molecule has 3 aromatic rings. The van der Waals surface area contributed by atoms with E-state index >= 15 is 0 Å². The molecule has 0 amide bonds. The summed E-state index contributed by atoms with van der Waals surface area (Å²) < 4.78 is 24.5. The molecular formula is C32H34O8.